The molecule has 0 unspecified atom stereocenters. The van der Waals surface area contributed by atoms with Crippen molar-refractivity contribution >= 4 is 17.3 Å². The Morgan fingerprint density at radius 3 is 1.40 bits per heavy atom. The summed E-state index contributed by atoms with van der Waals surface area (Å²) < 4.78 is 19.0. The van der Waals surface area contributed by atoms with E-state index in [1.807, 2.05) is 6.55 Å². The molecule has 0 aromatic heterocycles. The molecule has 0 atom stereocenters. The zero-order valence-corrected chi connectivity index (χ0v) is 13.2. The standard InChI is InChI=1S/C8H25N3O2Si2/c1-10(2)14(7,11(3)4)9-15(8,12-5)13-6/h9H,1-8H3. The number of nitrogens with one attached hydrogen (secondary N) is 1. The van der Waals surface area contributed by atoms with Crippen molar-refractivity contribution in [2.75, 3.05) is 42.4 Å². The number of rotatable bonds is 6. The van der Waals surface area contributed by atoms with Crippen LogP contribution in [-0.4, -0.2) is 68.8 Å². The van der Waals surface area contributed by atoms with Crippen molar-refractivity contribution < 1.29 is 8.85 Å². The van der Waals surface area contributed by atoms with Crippen LogP contribution in [0.15, 0.2) is 0 Å². The molecule has 0 saturated heterocycles. The van der Waals surface area contributed by atoms with Crippen LogP contribution >= 0.6 is 0 Å². The molecular weight excluding hydrogens is 226 g/mol. The minimum atomic E-state index is -2.23. The van der Waals surface area contributed by atoms with E-state index < -0.39 is 17.3 Å². The zero-order chi connectivity index (χ0) is 12.3. The van der Waals surface area contributed by atoms with E-state index in [9.17, 15) is 0 Å². The molecule has 0 aliphatic carbocycles. The molecule has 0 saturated carbocycles. The summed E-state index contributed by atoms with van der Waals surface area (Å²) in [6.07, 6.45) is 0. The van der Waals surface area contributed by atoms with Crippen LogP contribution in [0.5, 0.6) is 0 Å². The largest absolute Gasteiger partial charge is 0.416 e. The highest BCUT2D eigenvalue weighted by Crippen LogP contribution is 2.10. The van der Waals surface area contributed by atoms with Gasteiger partial charge in [-0.1, -0.05) is 0 Å². The lowest BCUT2D eigenvalue weighted by atomic mass is 11.3. The Kier molecular flexibility index (Phi) is 5.61. The van der Waals surface area contributed by atoms with Crippen LogP contribution in [-0.2, 0) is 8.85 Å². The first-order valence-electron chi connectivity index (χ1n) is 4.96. The molecule has 0 rings (SSSR count). The van der Waals surface area contributed by atoms with Gasteiger partial charge in [-0.3, -0.25) is 4.65 Å². The maximum atomic E-state index is 5.47. The van der Waals surface area contributed by atoms with Gasteiger partial charge in [0.1, 0.15) is 0 Å². The normalized spacial score (nSPS) is 14.0. The van der Waals surface area contributed by atoms with E-state index in [2.05, 4.69) is 48.5 Å². The predicted octanol–water partition coefficient (Wildman–Crippen LogP) is 0.129. The molecule has 0 bridgehead atoms. The highest BCUT2D eigenvalue weighted by atomic mass is 28.4. The summed E-state index contributed by atoms with van der Waals surface area (Å²) in [4.78, 5) is 0. The van der Waals surface area contributed by atoms with Crippen molar-refractivity contribution in [2.45, 2.75) is 13.1 Å². The summed E-state index contributed by atoms with van der Waals surface area (Å²) in [6, 6.07) is 0. The second-order valence-corrected chi connectivity index (χ2v) is 11.8. The van der Waals surface area contributed by atoms with Gasteiger partial charge in [-0.25, -0.2) is 0 Å². The summed E-state index contributed by atoms with van der Waals surface area (Å²) in [5, 5.41) is 0. The molecule has 7 heteroatoms. The Hall–Kier alpha value is 0.234. The first-order valence-corrected chi connectivity index (χ1v) is 9.67. The van der Waals surface area contributed by atoms with E-state index in [1.165, 1.54) is 0 Å². The van der Waals surface area contributed by atoms with Crippen molar-refractivity contribution in [2.24, 2.45) is 0 Å². The summed E-state index contributed by atoms with van der Waals surface area (Å²) in [7, 11) is 7.64. The Morgan fingerprint density at radius 1 is 0.867 bits per heavy atom. The van der Waals surface area contributed by atoms with Gasteiger partial charge in [-0.15, -0.1) is 0 Å². The average molecular weight is 251 g/mol. The van der Waals surface area contributed by atoms with E-state index in [1.54, 1.807) is 14.2 Å². The molecule has 0 aromatic rings. The van der Waals surface area contributed by atoms with Crippen LogP contribution < -0.4 is 4.65 Å². The van der Waals surface area contributed by atoms with E-state index in [0.717, 1.165) is 0 Å². The van der Waals surface area contributed by atoms with E-state index >= 15 is 0 Å². The molecule has 1 N–H and O–H groups in total. The monoisotopic (exact) mass is 251 g/mol. The topological polar surface area (TPSA) is 37.0 Å². The van der Waals surface area contributed by atoms with Gasteiger partial charge < -0.3 is 18.0 Å². The molecule has 0 fully saturated rings. The highest BCUT2D eigenvalue weighted by Gasteiger charge is 2.44. The molecule has 0 amide bonds. The van der Waals surface area contributed by atoms with Gasteiger partial charge in [0.15, 0.2) is 0 Å². The lowest BCUT2D eigenvalue weighted by Gasteiger charge is -2.43. The van der Waals surface area contributed by atoms with Gasteiger partial charge in [-0.2, -0.15) is 0 Å². The molecule has 0 spiro atoms. The highest BCUT2D eigenvalue weighted by molar-refractivity contribution is 6.84. The fourth-order valence-electron chi connectivity index (χ4n) is 1.24. The second kappa shape index (κ2) is 5.53. The van der Waals surface area contributed by atoms with E-state index in [0.29, 0.717) is 0 Å². The van der Waals surface area contributed by atoms with Crippen LogP contribution in [0.2, 0.25) is 13.1 Å². The molecule has 15 heavy (non-hydrogen) atoms. The smallest absolute Gasteiger partial charge is 0.387 e. The third kappa shape index (κ3) is 3.63. The Labute approximate surface area is 95.9 Å². The predicted molar refractivity (Wildman–Crippen MR) is 67.8 cm³/mol. The van der Waals surface area contributed by atoms with Crippen molar-refractivity contribution in [3.05, 3.63) is 0 Å². The van der Waals surface area contributed by atoms with Gasteiger partial charge >= 0.3 is 8.72 Å². The SMILES string of the molecule is CO[Si](C)(N[Si](C)(N(C)C)N(C)C)OC. The summed E-state index contributed by atoms with van der Waals surface area (Å²) >= 11 is 0. The van der Waals surface area contributed by atoms with E-state index in [-0.39, 0.29) is 0 Å². The molecule has 0 heterocycles. The second-order valence-electron chi connectivity index (χ2n) is 4.29. The van der Waals surface area contributed by atoms with Crippen LogP contribution in [0.3, 0.4) is 0 Å². The number of hydrogen-bond acceptors (Lipinski definition) is 5. The summed E-state index contributed by atoms with van der Waals surface area (Å²) in [5.74, 6) is 0. The van der Waals surface area contributed by atoms with Gasteiger partial charge in [-0.05, 0) is 41.3 Å². The number of hydrogen-bond donors (Lipinski definition) is 1. The first kappa shape index (κ1) is 15.2. The van der Waals surface area contributed by atoms with Crippen molar-refractivity contribution in [1.29, 1.82) is 0 Å². The molecule has 0 radical (unpaired) electrons. The molecule has 0 aliphatic heterocycles. The fourth-order valence-corrected chi connectivity index (χ4v) is 8.25. The Balaban J connectivity index is 4.83. The van der Waals surface area contributed by atoms with Gasteiger partial charge in [0.2, 0.25) is 0 Å². The number of nitrogens with zero attached hydrogens (tertiary/aromatic N) is 2. The first-order chi connectivity index (χ1) is 6.72. The summed E-state index contributed by atoms with van der Waals surface area (Å²) in [6.45, 7) is 4.25. The molecule has 92 valence electrons. The quantitative estimate of drug-likeness (QED) is 0.679. The van der Waals surface area contributed by atoms with Crippen LogP contribution in [0.1, 0.15) is 0 Å². The maximum Gasteiger partial charge on any atom is 0.416 e. The molecule has 0 aliphatic rings. The third-order valence-corrected chi connectivity index (χ3v) is 11.7. The summed E-state index contributed by atoms with van der Waals surface area (Å²) in [5.41, 5.74) is 0. The zero-order valence-electron chi connectivity index (χ0n) is 11.2. The van der Waals surface area contributed by atoms with Gasteiger partial charge in [0.25, 0.3) is 8.56 Å². The van der Waals surface area contributed by atoms with Crippen LogP contribution in [0, 0.1) is 0 Å². The maximum absolute atomic E-state index is 5.47. The average Bonchev–Trinajstić information content (AvgIpc) is 2.16. The van der Waals surface area contributed by atoms with Crippen LogP contribution in [0.4, 0.5) is 0 Å². The molecule has 0 aromatic carbocycles. The van der Waals surface area contributed by atoms with Crippen LogP contribution in [0.25, 0.3) is 0 Å². The lowest BCUT2D eigenvalue weighted by Crippen LogP contribution is -2.76. The molecule has 5 nitrogen and oxygen atoms in total. The van der Waals surface area contributed by atoms with Crippen molar-refractivity contribution in [3.8, 4) is 0 Å². The Morgan fingerprint density at radius 2 is 1.20 bits per heavy atom. The van der Waals surface area contributed by atoms with Crippen molar-refractivity contribution in [1.82, 2.24) is 13.8 Å². The van der Waals surface area contributed by atoms with Gasteiger partial charge in [0, 0.05) is 14.2 Å². The van der Waals surface area contributed by atoms with Gasteiger partial charge in [0.05, 0.1) is 0 Å². The minimum absolute atomic E-state index is 1.70. The van der Waals surface area contributed by atoms with E-state index in [4.69, 9.17) is 8.85 Å². The molecular formula is C8H25N3O2Si2. The lowest BCUT2D eigenvalue weighted by molar-refractivity contribution is 0.240. The fraction of sp³-hybridized carbons (Fsp3) is 1.00. The minimum Gasteiger partial charge on any atom is -0.387 e. The third-order valence-electron chi connectivity index (χ3n) is 2.98. The van der Waals surface area contributed by atoms with Crippen molar-refractivity contribution in [3.63, 3.8) is 0 Å². The Bertz CT molecular complexity index is 190.